The summed E-state index contributed by atoms with van der Waals surface area (Å²) >= 11 is 12.6. The Kier molecular flexibility index (Phi) is 6.25. The minimum Gasteiger partial charge on any atom is -0.476 e. The van der Waals surface area contributed by atoms with Gasteiger partial charge >= 0.3 is 5.97 Å². The molecule has 0 radical (unpaired) electrons. The van der Waals surface area contributed by atoms with Crippen LogP contribution in [0.2, 0.25) is 10.0 Å². The van der Waals surface area contributed by atoms with E-state index in [0.717, 1.165) is 32.1 Å². The van der Waals surface area contributed by atoms with Gasteiger partial charge in [0, 0.05) is 25.1 Å². The van der Waals surface area contributed by atoms with Crippen LogP contribution < -0.4 is 4.74 Å². The van der Waals surface area contributed by atoms with Gasteiger partial charge in [0.25, 0.3) is 0 Å². The highest BCUT2D eigenvalue weighted by Gasteiger charge is 2.37. The number of benzene rings is 1. The minimum absolute atomic E-state index is 0.0107. The van der Waals surface area contributed by atoms with Crippen LogP contribution in [0.25, 0.3) is 0 Å². The number of esters is 1. The fourth-order valence-electron chi connectivity index (χ4n) is 3.65. The Balaban J connectivity index is 1.93. The average molecular weight is 436 g/mol. The van der Waals surface area contributed by atoms with Gasteiger partial charge in [-0.2, -0.15) is 4.31 Å². The third kappa shape index (κ3) is 3.92. The predicted octanol–water partition coefficient (Wildman–Crippen LogP) is 3.81. The van der Waals surface area contributed by atoms with Crippen molar-refractivity contribution >= 4 is 39.2 Å². The number of sulfonamides is 1. The SMILES string of the molecule is CCOC(=O)C1Cc2cc(S(=O)(=O)N(C)C3CCCCC3)c(Cl)c(Cl)c2O1. The molecule has 1 atom stereocenters. The highest BCUT2D eigenvalue weighted by molar-refractivity contribution is 7.89. The number of rotatable bonds is 5. The minimum atomic E-state index is -3.82. The maximum atomic E-state index is 13.2. The van der Waals surface area contributed by atoms with Crippen LogP contribution in [-0.2, 0) is 26.0 Å². The van der Waals surface area contributed by atoms with Gasteiger partial charge in [-0.3, -0.25) is 0 Å². The second-order valence-corrected chi connectivity index (χ2v) is 9.59. The maximum Gasteiger partial charge on any atom is 0.347 e. The van der Waals surface area contributed by atoms with E-state index in [1.165, 1.54) is 10.4 Å². The summed E-state index contributed by atoms with van der Waals surface area (Å²) in [5.74, 6) is -0.261. The quantitative estimate of drug-likeness (QED) is 0.657. The van der Waals surface area contributed by atoms with Crippen LogP contribution in [0.15, 0.2) is 11.0 Å². The molecule has 1 unspecified atom stereocenters. The zero-order valence-electron chi connectivity index (χ0n) is 15.3. The topological polar surface area (TPSA) is 72.9 Å². The van der Waals surface area contributed by atoms with Crippen LogP contribution >= 0.6 is 23.2 Å². The van der Waals surface area contributed by atoms with Crippen molar-refractivity contribution in [3.63, 3.8) is 0 Å². The maximum absolute atomic E-state index is 13.2. The number of carbonyl (C=O) groups is 1. The van der Waals surface area contributed by atoms with Crippen LogP contribution in [0.4, 0.5) is 0 Å². The van der Waals surface area contributed by atoms with Gasteiger partial charge in [-0.05, 0) is 25.8 Å². The highest BCUT2D eigenvalue weighted by Crippen LogP contribution is 2.45. The molecular formula is C18H23Cl2NO5S. The molecule has 9 heteroatoms. The van der Waals surface area contributed by atoms with E-state index < -0.39 is 22.1 Å². The molecule has 1 saturated carbocycles. The van der Waals surface area contributed by atoms with E-state index in [2.05, 4.69) is 0 Å². The van der Waals surface area contributed by atoms with Gasteiger partial charge in [0.05, 0.1) is 11.6 Å². The summed E-state index contributed by atoms with van der Waals surface area (Å²) in [6.07, 6.45) is 4.17. The lowest BCUT2D eigenvalue weighted by atomic mass is 9.96. The number of ether oxygens (including phenoxy) is 2. The Bertz CT molecular complexity index is 837. The fraction of sp³-hybridized carbons (Fsp3) is 0.611. The second kappa shape index (κ2) is 8.15. The van der Waals surface area contributed by atoms with Crippen LogP contribution in [-0.4, -0.2) is 44.5 Å². The molecule has 0 bridgehead atoms. The van der Waals surface area contributed by atoms with Gasteiger partial charge in [0.2, 0.25) is 10.0 Å². The zero-order chi connectivity index (χ0) is 19.8. The lowest BCUT2D eigenvalue weighted by molar-refractivity contribution is -0.150. The van der Waals surface area contributed by atoms with Crippen LogP contribution in [0, 0.1) is 0 Å². The molecular weight excluding hydrogens is 413 g/mol. The molecule has 0 amide bonds. The molecule has 1 aliphatic heterocycles. The summed E-state index contributed by atoms with van der Waals surface area (Å²) in [5, 5.41) is -0.0702. The third-order valence-electron chi connectivity index (χ3n) is 5.17. The smallest absolute Gasteiger partial charge is 0.347 e. The third-order valence-corrected chi connectivity index (χ3v) is 8.06. The molecule has 0 saturated heterocycles. The van der Waals surface area contributed by atoms with Crippen molar-refractivity contribution in [1.82, 2.24) is 4.31 Å². The van der Waals surface area contributed by atoms with Crippen molar-refractivity contribution in [2.75, 3.05) is 13.7 Å². The predicted molar refractivity (Wildman–Crippen MR) is 103 cm³/mol. The molecule has 1 fully saturated rings. The average Bonchev–Trinajstić information content (AvgIpc) is 3.09. The van der Waals surface area contributed by atoms with E-state index in [0.29, 0.717) is 5.56 Å². The van der Waals surface area contributed by atoms with Gasteiger partial charge in [-0.25, -0.2) is 13.2 Å². The number of carbonyl (C=O) groups excluding carboxylic acids is 1. The molecule has 1 aliphatic carbocycles. The van der Waals surface area contributed by atoms with Crippen molar-refractivity contribution in [3.8, 4) is 5.75 Å². The molecule has 0 spiro atoms. The first kappa shape index (κ1) is 20.7. The standard InChI is InChI=1S/C18H23Cl2NO5S/c1-3-25-18(22)13-9-11-10-14(15(19)16(20)17(11)26-13)27(23,24)21(2)12-7-5-4-6-8-12/h10,12-13H,3-9H2,1-2H3. The summed E-state index contributed by atoms with van der Waals surface area (Å²) < 4.78 is 38.3. The summed E-state index contributed by atoms with van der Waals surface area (Å²) in [6.45, 7) is 1.94. The molecule has 2 aliphatic rings. The Morgan fingerprint density at radius 3 is 2.56 bits per heavy atom. The molecule has 1 aromatic rings. The van der Waals surface area contributed by atoms with Gasteiger partial charge < -0.3 is 9.47 Å². The highest BCUT2D eigenvalue weighted by atomic mass is 35.5. The normalized spacial score (nSPS) is 20.4. The molecule has 0 aromatic heterocycles. The first-order chi connectivity index (χ1) is 12.8. The van der Waals surface area contributed by atoms with E-state index in [-0.39, 0.29) is 39.8 Å². The Hall–Kier alpha value is -1.02. The first-order valence-electron chi connectivity index (χ1n) is 9.09. The van der Waals surface area contributed by atoms with Crippen LogP contribution in [0.5, 0.6) is 5.75 Å². The number of nitrogens with zero attached hydrogens (tertiary/aromatic N) is 1. The van der Waals surface area contributed by atoms with Crippen LogP contribution in [0.3, 0.4) is 0 Å². The monoisotopic (exact) mass is 435 g/mol. The van der Waals surface area contributed by atoms with Gasteiger partial charge in [-0.1, -0.05) is 42.5 Å². The summed E-state index contributed by atoms with van der Waals surface area (Å²) in [4.78, 5) is 11.9. The molecule has 6 nitrogen and oxygen atoms in total. The van der Waals surface area contributed by atoms with Crippen molar-refractivity contribution in [2.45, 2.75) is 62.5 Å². The lowest BCUT2D eigenvalue weighted by Crippen LogP contribution is -2.38. The summed E-state index contributed by atoms with van der Waals surface area (Å²) in [7, 11) is -2.23. The Morgan fingerprint density at radius 2 is 1.93 bits per heavy atom. The number of hydrogen-bond acceptors (Lipinski definition) is 5. The largest absolute Gasteiger partial charge is 0.476 e. The number of hydrogen-bond donors (Lipinski definition) is 0. The lowest BCUT2D eigenvalue weighted by Gasteiger charge is -2.30. The number of fused-ring (bicyclic) bond motifs is 1. The summed E-state index contributed by atoms with van der Waals surface area (Å²) in [5.41, 5.74) is 0.540. The van der Waals surface area contributed by atoms with E-state index in [1.54, 1.807) is 14.0 Å². The fourth-order valence-corrected chi connectivity index (χ4v) is 5.94. The number of halogens is 2. The first-order valence-corrected chi connectivity index (χ1v) is 11.3. The molecule has 1 heterocycles. The molecule has 27 heavy (non-hydrogen) atoms. The Morgan fingerprint density at radius 1 is 1.26 bits per heavy atom. The van der Waals surface area contributed by atoms with E-state index in [1.807, 2.05) is 0 Å². The van der Waals surface area contributed by atoms with Crippen molar-refractivity contribution in [3.05, 3.63) is 21.7 Å². The van der Waals surface area contributed by atoms with Crippen molar-refractivity contribution in [2.24, 2.45) is 0 Å². The van der Waals surface area contributed by atoms with Gasteiger partial charge in [0.15, 0.2) is 6.10 Å². The Labute approximate surface area is 169 Å². The van der Waals surface area contributed by atoms with E-state index in [4.69, 9.17) is 32.7 Å². The zero-order valence-corrected chi connectivity index (χ0v) is 17.7. The van der Waals surface area contributed by atoms with Gasteiger partial charge in [0.1, 0.15) is 15.7 Å². The van der Waals surface area contributed by atoms with E-state index in [9.17, 15) is 13.2 Å². The van der Waals surface area contributed by atoms with Crippen LogP contribution in [0.1, 0.15) is 44.6 Å². The molecule has 0 N–H and O–H groups in total. The van der Waals surface area contributed by atoms with Gasteiger partial charge in [-0.15, -0.1) is 0 Å². The van der Waals surface area contributed by atoms with Crippen molar-refractivity contribution in [1.29, 1.82) is 0 Å². The molecule has 3 rings (SSSR count). The van der Waals surface area contributed by atoms with Crippen molar-refractivity contribution < 1.29 is 22.7 Å². The molecule has 1 aromatic carbocycles. The molecule has 150 valence electrons. The summed E-state index contributed by atoms with van der Waals surface area (Å²) in [6, 6.07) is 1.42. The second-order valence-electron chi connectivity index (χ2n) is 6.87. The van der Waals surface area contributed by atoms with E-state index >= 15 is 0 Å².